The van der Waals surface area contributed by atoms with Crippen LogP contribution in [0.15, 0.2) is 53.7 Å². The van der Waals surface area contributed by atoms with Gasteiger partial charge in [-0.05, 0) is 53.5 Å². The summed E-state index contributed by atoms with van der Waals surface area (Å²) in [5.74, 6) is 0.476. The van der Waals surface area contributed by atoms with Crippen molar-refractivity contribution in [3.8, 4) is 5.75 Å². The molecule has 1 amide bonds. The Morgan fingerprint density at radius 2 is 2.04 bits per heavy atom. The quantitative estimate of drug-likeness (QED) is 0.613. The maximum absolute atomic E-state index is 13.3. The zero-order valence-electron chi connectivity index (χ0n) is 15.7. The van der Waals surface area contributed by atoms with E-state index in [1.165, 1.54) is 11.8 Å². The Kier molecular flexibility index (Phi) is 5.29. The smallest absolute Gasteiger partial charge is 0.242 e. The number of aryl methyl sites for hydroxylation is 1. The number of hydrogen-bond donors (Lipinski definition) is 1. The molecule has 0 aliphatic heterocycles. The number of methoxy groups -OCH3 is 1. The number of carbonyl (C=O) groups is 1. The van der Waals surface area contributed by atoms with E-state index in [4.69, 9.17) is 4.74 Å². The molecule has 7 nitrogen and oxygen atoms in total. The maximum Gasteiger partial charge on any atom is 0.242 e. The highest BCUT2D eigenvalue weighted by Crippen LogP contribution is 2.41. The van der Waals surface area contributed by atoms with Crippen molar-refractivity contribution in [1.29, 1.82) is 0 Å². The molecule has 1 atom stereocenters. The molecule has 8 heteroatoms. The first-order chi connectivity index (χ1) is 13.7. The number of thioether (sulfide) groups is 1. The SMILES string of the molecule is COc1ccc(C)cc1NC(=O)[C@@H](Sc1nnnn1C1CC1)c1ccccc1. The van der Waals surface area contributed by atoms with E-state index in [-0.39, 0.29) is 5.91 Å². The van der Waals surface area contributed by atoms with Crippen LogP contribution in [-0.2, 0) is 4.79 Å². The van der Waals surface area contributed by atoms with E-state index in [1.54, 1.807) is 7.11 Å². The first-order valence-corrected chi connectivity index (χ1v) is 9.98. The molecule has 1 aliphatic rings. The highest BCUT2D eigenvalue weighted by Gasteiger charge is 2.31. The van der Waals surface area contributed by atoms with Gasteiger partial charge < -0.3 is 10.1 Å². The van der Waals surface area contributed by atoms with Gasteiger partial charge in [-0.2, -0.15) is 0 Å². The van der Waals surface area contributed by atoms with Crippen molar-refractivity contribution in [2.24, 2.45) is 0 Å². The number of ether oxygens (including phenoxy) is 1. The summed E-state index contributed by atoms with van der Waals surface area (Å²) >= 11 is 1.36. The topological polar surface area (TPSA) is 81.9 Å². The molecule has 1 fully saturated rings. The molecule has 0 unspecified atom stereocenters. The van der Waals surface area contributed by atoms with Crippen LogP contribution >= 0.6 is 11.8 Å². The number of rotatable bonds is 7. The molecule has 1 aliphatic carbocycles. The Morgan fingerprint density at radius 1 is 1.25 bits per heavy atom. The number of benzene rings is 2. The molecule has 0 saturated heterocycles. The Hall–Kier alpha value is -2.87. The second-order valence-corrected chi connectivity index (χ2v) is 7.81. The standard InChI is InChI=1S/C20H21N5O2S/c1-13-8-11-17(27-2)16(12-13)21-19(26)18(14-6-4-3-5-7-14)28-20-22-23-24-25(20)15-9-10-15/h3-8,11-12,15,18H,9-10H2,1-2H3,(H,21,26)/t18-/m0/s1. The summed E-state index contributed by atoms with van der Waals surface area (Å²) < 4.78 is 7.21. The lowest BCUT2D eigenvalue weighted by molar-refractivity contribution is -0.115. The first kappa shape index (κ1) is 18.5. The van der Waals surface area contributed by atoms with E-state index in [0.717, 1.165) is 24.0 Å². The van der Waals surface area contributed by atoms with Gasteiger partial charge in [-0.3, -0.25) is 4.79 Å². The van der Waals surface area contributed by atoms with Gasteiger partial charge in [0.15, 0.2) is 0 Å². The largest absolute Gasteiger partial charge is 0.495 e. The zero-order valence-corrected chi connectivity index (χ0v) is 16.5. The lowest BCUT2D eigenvalue weighted by Gasteiger charge is -2.18. The molecule has 2 aromatic carbocycles. The number of anilines is 1. The average Bonchev–Trinajstić information content (AvgIpc) is 3.45. The third-order valence-corrected chi connectivity index (χ3v) is 5.73. The summed E-state index contributed by atoms with van der Waals surface area (Å²) in [6, 6.07) is 15.7. The van der Waals surface area contributed by atoms with Gasteiger partial charge in [0, 0.05) is 0 Å². The number of hydrogen-bond acceptors (Lipinski definition) is 6. The van der Waals surface area contributed by atoms with E-state index in [1.807, 2.05) is 60.1 Å². The van der Waals surface area contributed by atoms with Crippen molar-refractivity contribution >= 4 is 23.4 Å². The maximum atomic E-state index is 13.3. The molecule has 1 aromatic heterocycles. The first-order valence-electron chi connectivity index (χ1n) is 9.10. The Bertz CT molecular complexity index is 972. The monoisotopic (exact) mass is 395 g/mol. The summed E-state index contributed by atoms with van der Waals surface area (Å²) in [7, 11) is 1.59. The highest BCUT2D eigenvalue weighted by molar-refractivity contribution is 8.00. The van der Waals surface area contributed by atoms with Gasteiger partial charge >= 0.3 is 0 Å². The van der Waals surface area contributed by atoms with Crippen LogP contribution < -0.4 is 10.1 Å². The Labute approximate surface area is 167 Å². The molecular formula is C20H21N5O2S. The zero-order chi connectivity index (χ0) is 19.5. The van der Waals surface area contributed by atoms with Gasteiger partial charge in [0.2, 0.25) is 11.1 Å². The predicted octanol–water partition coefficient (Wildman–Crippen LogP) is 3.80. The lowest BCUT2D eigenvalue weighted by Crippen LogP contribution is -2.20. The van der Waals surface area contributed by atoms with Crippen molar-refractivity contribution in [2.45, 2.75) is 36.2 Å². The minimum Gasteiger partial charge on any atom is -0.495 e. The van der Waals surface area contributed by atoms with Crippen LogP contribution in [0.25, 0.3) is 0 Å². The molecule has 4 rings (SSSR count). The van der Waals surface area contributed by atoms with E-state index in [2.05, 4.69) is 20.8 Å². The van der Waals surface area contributed by atoms with Crippen LogP contribution in [0.3, 0.4) is 0 Å². The van der Waals surface area contributed by atoms with Gasteiger partial charge in [0.1, 0.15) is 11.0 Å². The third kappa shape index (κ3) is 4.01. The molecule has 1 N–H and O–H groups in total. The summed E-state index contributed by atoms with van der Waals surface area (Å²) in [6.07, 6.45) is 2.14. The number of aromatic nitrogens is 4. The van der Waals surface area contributed by atoms with Crippen molar-refractivity contribution in [1.82, 2.24) is 20.2 Å². The Balaban J connectivity index is 1.63. The number of amides is 1. The molecule has 144 valence electrons. The van der Waals surface area contributed by atoms with Crippen molar-refractivity contribution in [2.75, 3.05) is 12.4 Å². The number of nitrogens with zero attached hydrogens (tertiary/aromatic N) is 4. The van der Waals surface area contributed by atoms with Crippen molar-refractivity contribution < 1.29 is 9.53 Å². The fourth-order valence-corrected chi connectivity index (χ4v) is 3.98. The van der Waals surface area contributed by atoms with Crippen LogP contribution in [0, 0.1) is 6.92 Å². The second-order valence-electron chi connectivity index (χ2n) is 6.74. The number of tetrazole rings is 1. The summed E-state index contributed by atoms with van der Waals surface area (Å²) in [6.45, 7) is 1.97. The number of nitrogens with one attached hydrogen (secondary N) is 1. The van der Waals surface area contributed by atoms with E-state index in [0.29, 0.717) is 22.6 Å². The fraction of sp³-hybridized carbons (Fsp3) is 0.300. The average molecular weight is 395 g/mol. The van der Waals surface area contributed by atoms with Crippen molar-refractivity contribution in [3.63, 3.8) is 0 Å². The van der Waals surface area contributed by atoms with Gasteiger partial charge in [0.25, 0.3) is 0 Å². The Morgan fingerprint density at radius 3 is 2.75 bits per heavy atom. The van der Waals surface area contributed by atoms with Gasteiger partial charge in [-0.25, -0.2) is 4.68 Å². The lowest BCUT2D eigenvalue weighted by atomic mass is 10.1. The predicted molar refractivity (Wildman–Crippen MR) is 107 cm³/mol. The van der Waals surface area contributed by atoms with E-state index < -0.39 is 5.25 Å². The molecule has 3 aromatic rings. The minimum absolute atomic E-state index is 0.148. The fourth-order valence-electron chi connectivity index (χ4n) is 2.94. The van der Waals surface area contributed by atoms with Gasteiger partial charge in [0.05, 0.1) is 18.8 Å². The highest BCUT2D eigenvalue weighted by atomic mass is 32.2. The van der Waals surface area contributed by atoms with Crippen LogP contribution in [0.2, 0.25) is 0 Å². The molecular weight excluding hydrogens is 374 g/mol. The normalized spacial score (nSPS) is 14.5. The van der Waals surface area contributed by atoms with E-state index in [9.17, 15) is 4.79 Å². The van der Waals surface area contributed by atoms with Crippen molar-refractivity contribution in [3.05, 3.63) is 59.7 Å². The molecule has 0 bridgehead atoms. The second kappa shape index (κ2) is 8.02. The molecule has 1 heterocycles. The molecule has 28 heavy (non-hydrogen) atoms. The van der Waals surface area contributed by atoms with Crippen LogP contribution in [0.4, 0.5) is 5.69 Å². The third-order valence-electron chi connectivity index (χ3n) is 4.53. The summed E-state index contributed by atoms with van der Waals surface area (Å²) in [5, 5.41) is 15.2. The van der Waals surface area contributed by atoms with Crippen LogP contribution in [0.1, 0.15) is 35.3 Å². The minimum atomic E-state index is -0.491. The summed E-state index contributed by atoms with van der Waals surface area (Å²) in [5.41, 5.74) is 2.58. The number of carbonyl (C=O) groups excluding carboxylic acids is 1. The van der Waals surface area contributed by atoms with Gasteiger partial charge in [-0.15, -0.1) is 5.10 Å². The van der Waals surface area contributed by atoms with Gasteiger partial charge in [-0.1, -0.05) is 48.2 Å². The molecule has 0 radical (unpaired) electrons. The molecule has 1 saturated carbocycles. The van der Waals surface area contributed by atoms with Crippen LogP contribution in [0.5, 0.6) is 5.75 Å². The van der Waals surface area contributed by atoms with Crippen LogP contribution in [-0.4, -0.2) is 33.2 Å². The molecule has 0 spiro atoms. The van der Waals surface area contributed by atoms with E-state index >= 15 is 0 Å². The summed E-state index contributed by atoms with van der Waals surface area (Å²) in [4.78, 5) is 13.3.